The highest BCUT2D eigenvalue weighted by Crippen LogP contribution is 2.02. The van der Waals surface area contributed by atoms with Gasteiger partial charge < -0.3 is 10.1 Å². The van der Waals surface area contributed by atoms with Crippen molar-refractivity contribution in [2.24, 2.45) is 0 Å². The van der Waals surface area contributed by atoms with Gasteiger partial charge in [-0.25, -0.2) is 0 Å². The number of ketones is 1. The summed E-state index contributed by atoms with van der Waals surface area (Å²) >= 11 is 0. The lowest BCUT2D eigenvalue weighted by Gasteiger charge is -1.97. The van der Waals surface area contributed by atoms with Crippen molar-refractivity contribution in [3.8, 4) is 6.07 Å². The second-order valence-corrected chi connectivity index (χ2v) is 2.79. The Morgan fingerprint density at radius 2 is 1.86 bits per heavy atom. The molecule has 0 aliphatic rings. The average Bonchev–Trinajstić information content (AvgIpc) is 2.15. The zero-order chi connectivity index (χ0) is 10.8. The summed E-state index contributed by atoms with van der Waals surface area (Å²) in [6.45, 7) is 3.42. The first-order chi connectivity index (χ1) is 6.66. The van der Waals surface area contributed by atoms with Crippen molar-refractivity contribution in [3.05, 3.63) is 30.3 Å². The van der Waals surface area contributed by atoms with Gasteiger partial charge in [-0.05, 0) is 26.0 Å². The van der Waals surface area contributed by atoms with E-state index in [1.165, 1.54) is 13.8 Å². The Labute approximate surface area is 84.4 Å². The summed E-state index contributed by atoms with van der Waals surface area (Å²) in [5.74, 6) is 0.167. The number of hydrogen-bond donors (Lipinski definition) is 1. The van der Waals surface area contributed by atoms with Gasteiger partial charge >= 0.3 is 0 Å². The van der Waals surface area contributed by atoms with E-state index in [9.17, 15) is 4.79 Å². The summed E-state index contributed by atoms with van der Waals surface area (Å²) in [6, 6.07) is 11.7. The van der Waals surface area contributed by atoms with Gasteiger partial charge in [0.1, 0.15) is 12.3 Å². The minimum absolute atomic E-state index is 0.167. The fourth-order valence-corrected chi connectivity index (χ4v) is 0.698. The number of hydrogen-bond acceptors (Lipinski definition) is 3. The molecule has 0 spiro atoms. The van der Waals surface area contributed by atoms with Crippen LogP contribution in [0.3, 0.4) is 0 Å². The monoisotopic (exact) mass is 190 g/mol. The van der Waals surface area contributed by atoms with Crippen LogP contribution in [0.2, 0.25) is 0 Å². The van der Waals surface area contributed by atoms with Crippen LogP contribution in [0.1, 0.15) is 13.8 Å². The van der Waals surface area contributed by atoms with Gasteiger partial charge in [-0.2, -0.15) is 5.26 Å². The Kier molecular flexibility index (Phi) is 6.79. The van der Waals surface area contributed by atoms with Crippen molar-refractivity contribution in [2.75, 3.05) is 11.9 Å². The molecule has 0 heterocycles. The maximum Gasteiger partial charge on any atom is 0.126 e. The molecule has 0 radical (unpaired) electrons. The maximum absolute atomic E-state index is 9.44. The Morgan fingerprint density at radius 1 is 1.36 bits per heavy atom. The molecular weight excluding hydrogens is 176 g/mol. The molecule has 3 nitrogen and oxygen atoms in total. The van der Waals surface area contributed by atoms with Gasteiger partial charge in [0.15, 0.2) is 0 Å². The number of carbonyl (C=O) groups excluding carboxylic acids is 1. The zero-order valence-electron chi connectivity index (χ0n) is 8.45. The van der Waals surface area contributed by atoms with Crippen LogP contribution in [0.15, 0.2) is 30.3 Å². The van der Waals surface area contributed by atoms with Gasteiger partial charge in [-0.15, -0.1) is 0 Å². The Morgan fingerprint density at radius 3 is 2.29 bits per heavy atom. The fourth-order valence-electron chi connectivity index (χ4n) is 0.698. The maximum atomic E-state index is 9.44. The number of carbonyl (C=O) groups is 1. The summed E-state index contributed by atoms with van der Waals surface area (Å²) in [4.78, 5) is 9.44. The van der Waals surface area contributed by atoms with Crippen LogP contribution in [0, 0.1) is 11.3 Å². The van der Waals surface area contributed by atoms with Gasteiger partial charge in [0.05, 0.1) is 6.07 Å². The molecule has 3 heteroatoms. The van der Waals surface area contributed by atoms with E-state index in [0.717, 1.165) is 5.69 Å². The third-order valence-corrected chi connectivity index (χ3v) is 1.15. The van der Waals surface area contributed by atoms with Crippen molar-refractivity contribution >= 4 is 11.5 Å². The van der Waals surface area contributed by atoms with Crippen LogP contribution in [-0.2, 0) is 4.79 Å². The van der Waals surface area contributed by atoms with Crippen LogP contribution in [-0.4, -0.2) is 12.3 Å². The second-order valence-electron chi connectivity index (χ2n) is 2.79. The topological polar surface area (TPSA) is 52.9 Å². The second kappa shape index (κ2) is 7.81. The number of benzene rings is 1. The number of nitrogens with one attached hydrogen (secondary N) is 1. The van der Waals surface area contributed by atoms with Crippen molar-refractivity contribution in [2.45, 2.75) is 13.8 Å². The highest BCUT2D eigenvalue weighted by molar-refractivity contribution is 5.72. The number of Topliss-reactive ketones (excluding diaryl/α,β-unsaturated/α-hetero) is 1. The number of nitrogens with zero attached hydrogens (tertiary/aromatic N) is 1. The summed E-state index contributed by atoms with van der Waals surface area (Å²) in [7, 11) is 0. The van der Waals surface area contributed by atoms with Gasteiger partial charge in [0.25, 0.3) is 0 Å². The molecule has 14 heavy (non-hydrogen) atoms. The number of nitriles is 1. The van der Waals surface area contributed by atoms with Gasteiger partial charge in [-0.1, -0.05) is 18.2 Å². The number of anilines is 1. The van der Waals surface area contributed by atoms with E-state index >= 15 is 0 Å². The lowest BCUT2D eigenvalue weighted by molar-refractivity contribution is -0.114. The average molecular weight is 190 g/mol. The summed E-state index contributed by atoms with van der Waals surface area (Å²) in [5, 5.41) is 11.1. The first-order valence-electron chi connectivity index (χ1n) is 4.30. The lowest BCUT2D eigenvalue weighted by Crippen LogP contribution is -1.96. The first-order valence-corrected chi connectivity index (χ1v) is 4.30. The minimum Gasteiger partial charge on any atom is -0.372 e. The molecule has 1 rings (SSSR count). The Hall–Kier alpha value is -1.82. The van der Waals surface area contributed by atoms with Crippen LogP contribution >= 0.6 is 0 Å². The molecule has 0 atom stereocenters. The normalized spacial score (nSPS) is 7.79. The highest BCUT2D eigenvalue weighted by atomic mass is 16.1. The predicted molar refractivity (Wildman–Crippen MR) is 56.9 cm³/mol. The van der Waals surface area contributed by atoms with Crippen LogP contribution in [0.25, 0.3) is 0 Å². The molecule has 0 aromatic heterocycles. The lowest BCUT2D eigenvalue weighted by atomic mass is 10.3. The molecule has 1 N–H and O–H groups in total. The van der Waals surface area contributed by atoms with Crippen molar-refractivity contribution in [1.29, 1.82) is 5.26 Å². The van der Waals surface area contributed by atoms with Gasteiger partial charge in [0.2, 0.25) is 0 Å². The van der Waals surface area contributed by atoms with E-state index in [0.29, 0.717) is 6.54 Å². The summed E-state index contributed by atoms with van der Waals surface area (Å²) < 4.78 is 0. The smallest absolute Gasteiger partial charge is 0.126 e. The van der Waals surface area contributed by atoms with Crippen LogP contribution < -0.4 is 5.32 Å². The van der Waals surface area contributed by atoms with Gasteiger partial charge in [0, 0.05) is 5.69 Å². The van der Waals surface area contributed by atoms with E-state index < -0.39 is 0 Å². The standard InChI is InChI=1S/C8H8N2.C3H6O/c9-6-7-10-8-4-2-1-3-5-8;1-3(2)4/h1-5,10H,7H2;1-2H3. The van der Waals surface area contributed by atoms with Crippen molar-refractivity contribution < 1.29 is 4.79 Å². The van der Waals surface area contributed by atoms with E-state index in [-0.39, 0.29) is 5.78 Å². The third-order valence-electron chi connectivity index (χ3n) is 1.15. The number of para-hydroxylation sites is 1. The molecule has 0 bridgehead atoms. The molecule has 0 fully saturated rings. The quantitative estimate of drug-likeness (QED) is 0.727. The summed E-state index contributed by atoms with van der Waals surface area (Å²) in [5.41, 5.74) is 0.990. The van der Waals surface area contributed by atoms with Gasteiger partial charge in [-0.3, -0.25) is 0 Å². The largest absolute Gasteiger partial charge is 0.372 e. The zero-order valence-corrected chi connectivity index (χ0v) is 8.45. The molecule has 0 unspecified atom stereocenters. The predicted octanol–water partition coefficient (Wildman–Crippen LogP) is 2.22. The molecule has 0 aliphatic heterocycles. The van der Waals surface area contributed by atoms with E-state index in [1.807, 2.05) is 36.4 Å². The van der Waals surface area contributed by atoms with Crippen molar-refractivity contribution in [1.82, 2.24) is 0 Å². The molecule has 1 aromatic carbocycles. The SMILES string of the molecule is CC(C)=O.N#CCNc1ccccc1. The summed E-state index contributed by atoms with van der Waals surface area (Å²) in [6.07, 6.45) is 0. The van der Waals surface area contributed by atoms with Crippen LogP contribution in [0.4, 0.5) is 5.69 Å². The molecule has 74 valence electrons. The van der Waals surface area contributed by atoms with E-state index in [2.05, 4.69) is 5.32 Å². The Bertz CT molecular complexity index is 297. The van der Waals surface area contributed by atoms with Crippen molar-refractivity contribution in [3.63, 3.8) is 0 Å². The van der Waals surface area contributed by atoms with E-state index in [4.69, 9.17) is 5.26 Å². The molecule has 0 saturated heterocycles. The minimum atomic E-state index is 0.167. The van der Waals surface area contributed by atoms with Crippen LogP contribution in [0.5, 0.6) is 0 Å². The third kappa shape index (κ3) is 8.28. The fraction of sp³-hybridized carbons (Fsp3) is 0.273. The molecule has 0 amide bonds. The first kappa shape index (κ1) is 12.2. The molecule has 1 aromatic rings. The molecule has 0 aliphatic carbocycles. The molecule has 0 saturated carbocycles. The Balaban J connectivity index is 0.000000364. The highest BCUT2D eigenvalue weighted by Gasteiger charge is 1.84. The number of rotatable bonds is 2. The molecular formula is C11H14N2O. The van der Waals surface area contributed by atoms with E-state index in [1.54, 1.807) is 0 Å².